The lowest BCUT2D eigenvalue weighted by atomic mass is 9.94. The maximum atomic E-state index is 13.2. The van der Waals surface area contributed by atoms with Gasteiger partial charge < -0.3 is 15.3 Å². The Morgan fingerprint density at radius 2 is 1.68 bits per heavy atom. The molecule has 1 aliphatic heterocycles. The van der Waals surface area contributed by atoms with Crippen LogP contribution in [0.4, 0.5) is 5.69 Å². The van der Waals surface area contributed by atoms with E-state index in [1.165, 1.54) is 31.4 Å². The van der Waals surface area contributed by atoms with Gasteiger partial charge in [-0.15, -0.1) is 12.6 Å². The van der Waals surface area contributed by atoms with Crippen LogP contribution in [0.25, 0.3) is 0 Å². The molecule has 1 atom stereocenters. The lowest BCUT2D eigenvalue weighted by Crippen LogP contribution is -2.34. The zero-order valence-electron chi connectivity index (χ0n) is 19.3. The van der Waals surface area contributed by atoms with E-state index in [2.05, 4.69) is 22.3 Å². The van der Waals surface area contributed by atoms with Gasteiger partial charge in [0.15, 0.2) is 0 Å². The third kappa shape index (κ3) is 5.62. The van der Waals surface area contributed by atoms with Crippen molar-refractivity contribution in [1.82, 2.24) is 5.32 Å². The number of para-hydroxylation sites is 1. The zero-order chi connectivity index (χ0) is 24.1. The van der Waals surface area contributed by atoms with Gasteiger partial charge in [-0.05, 0) is 61.6 Å². The first kappa shape index (κ1) is 23.9. The summed E-state index contributed by atoms with van der Waals surface area (Å²) in [6.45, 7) is 4.05. The number of anilines is 1. The Morgan fingerprint density at radius 1 is 0.971 bits per heavy atom. The molecule has 0 radical (unpaired) electrons. The summed E-state index contributed by atoms with van der Waals surface area (Å²) in [5.41, 5.74) is 5.23. The van der Waals surface area contributed by atoms with Gasteiger partial charge in [0.25, 0.3) is 0 Å². The van der Waals surface area contributed by atoms with Crippen LogP contribution >= 0.6 is 12.6 Å². The summed E-state index contributed by atoms with van der Waals surface area (Å²) in [5.74, 6) is -1.11. The number of carbonyl (C=O) groups excluding carboxylic acids is 1. The van der Waals surface area contributed by atoms with E-state index in [0.29, 0.717) is 0 Å². The first-order chi connectivity index (χ1) is 16.4. The van der Waals surface area contributed by atoms with Gasteiger partial charge >= 0.3 is 5.97 Å². The lowest BCUT2D eigenvalue weighted by molar-refractivity contribution is -0.120. The highest BCUT2D eigenvalue weighted by atomic mass is 32.1. The fraction of sp³-hybridized carbons (Fsp3) is 0.286. The Hall–Kier alpha value is -3.25. The number of nitrogens with one attached hydrogen (secondary N) is 1. The van der Waals surface area contributed by atoms with Crippen LogP contribution in [-0.4, -0.2) is 30.1 Å². The highest BCUT2D eigenvalue weighted by Gasteiger charge is 2.24. The molecule has 1 fully saturated rings. The Labute approximate surface area is 206 Å². The highest BCUT2D eigenvalue weighted by Crippen LogP contribution is 2.35. The number of hydrogen-bond donors (Lipinski definition) is 3. The standard InChI is InChI=1S/C28H30N2O3S/c1-19-9-14-23(25(34)17-19)27(22-7-3-4-8-24(22)30-15-5-2-6-16-30)29-26(31)18-20-10-12-21(13-11-20)28(32)33/h3-4,7-14,17,27,34H,2,5-6,15-16,18H2,1H3,(H,29,31)(H,32,33). The molecule has 1 amide bonds. The lowest BCUT2D eigenvalue weighted by Gasteiger charge is -2.33. The van der Waals surface area contributed by atoms with E-state index < -0.39 is 5.97 Å². The van der Waals surface area contributed by atoms with Gasteiger partial charge in [0.1, 0.15) is 0 Å². The number of carboxylic acids is 1. The number of aryl methyl sites for hydroxylation is 1. The molecule has 5 nitrogen and oxygen atoms in total. The molecular weight excluding hydrogens is 444 g/mol. The largest absolute Gasteiger partial charge is 0.478 e. The number of amides is 1. The minimum atomic E-state index is -0.980. The molecule has 6 heteroatoms. The molecule has 1 heterocycles. The minimum absolute atomic E-state index is 0.130. The quantitative estimate of drug-likeness (QED) is 0.400. The molecule has 0 bridgehead atoms. The predicted molar refractivity (Wildman–Crippen MR) is 138 cm³/mol. The zero-order valence-corrected chi connectivity index (χ0v) is 20.2. The first-order valence-electron chi connectivity index (χ1n) is 11.7. The smallest absolute Gasteiger partial charge is 0.335 e. The van der Waals surface area contributed by atoms with Crippen molar-refractivity contribution in [2.75, 3.05) is 18.0 Å². The van der Waals surface area contributed by atoms with Crippen molar-refractivity contribution in [1.29, 1.82) is 0 Å². The fourth-order valence-corrected chi connectivity index (χ4v) is 4.95. The molecule has 1 saturated heterocycles. The van der Waals surface area contributed by atoms with Crippen molar-refractivity contribution >= 4 is 30.2 Å². The number of piperidine rings is 1. The summed E-state index contributed by atoms with van der Waals surface area (Å²) in [7, 11) is 0. The average molecular weight is 475 g/mol. The summed E-state index contributed by atoms with van der Waals surface area (Å²) in [6, 6.07) is 20.5. The van der Waals surface area contributed by atoms with Crippen LogP contribution in [0.2, 0.25) is 0 Å². The van der Waals surface area contributed by atoms with Crippen LogP contribution in [0.3, 0.4) is 0 Å². The van der Waals surface area contributed by atoms with Crippen molar-refractivity contribution in [3.05, 3.63) is 94.5 Å². The van der Waals surface area contributed by atoms with E-state index in [1.807, 2.05) is 37.3 Å². The topological polar surface area (TPSA) is 69.6 Å². The summed E-state index contributed by atoms with van der Waals surface area (Å²) < 4.78 is 0. The van der Waals surface area contributed by atoms with E-state index >= 15 is 0 Å². The molecule has 1 unspecified atom stereocenters. The third-order valence-corrected chi connectivity index (χ3v) is 6.70. The second-order valence-corrected chi connectivity index (χ2v) is 9.33. The molecule has 0 saturated carbocycles. The number of hydrogen-bond acceptors (Lipinski definition) is 4. The molecule has 0 aliphatic carbocycles. The van der Waals surface area contributed by atoms with Gasteiger partial charge in [-0.1, -0.05) is 48.0 Å². The molecule has 176 valence electrons. The number of nitrogens with zero attached hydrogens (tertiary/aromatic N) is 1. The Morgan fingerprint density at radius 3 is 2.35 bits per heavy atom. The fourth-order valence-electron chi connectivity index (χ4n) is 4.54. The normalized spacial score (nSPS) is 14.5. The van der Waals surface area contributed by atoms with E-state index in [1.54, 1.807) is 12.1 Å². The maximum Gasteiger partial charge on any atom is 0.335 e. The molecule has 3 aromatic rings. The Balaban J connectivity index is 1.66. The third-order valence-electron chi connectivity index (χ3n) is 6.31. The van der Waals surface area contributed by atoms with Crippen LogP contribution in [0.5, 0.6) is 0 Å². The molecule has 3 aromatic carbocycles. The second-order valence-electron chi connectivity index (χ2n) is 8.85. The van der Waals surface area contributed by atoms with Gasteiger partial charge in [-0.2, -0.15) is 0 Å². The number of thiol groups is 1. The molecule has 4 rings (SSSR count). The molecular formula is C28H30N2O3S. The minimum Gasteiger partial charge on any atom is -0.478 e. The van der Waals surface area contributed by atoms with E-state index in [-0.39, 0.29) is 23.9 Å². The van der Waals surface area contributed by atoms with Crippen LogP contribution in [0.15, 0.2) is 71.6 Å². The first-order valence-corrected chi connectivity index (χ1v) is 12.1. The highest BCUT2D eigenvalue weighted by molar-refractivity contribution is 7.80. The van der Waals surface area contributed by atoms with Gasteiger partial charge in [-0.25, -0.2) is 4.79 Å². The maximum absolute atomic E-state index is 13.2. The monoisotopic (exact) mass is 474 g/mol. The summed E-state index contributed by atoms with van der Waals surface area (Å²) in [4.78, 5) is 27.6. The van der Waals surface area contributed by atoms with Crippen molar-refractivity contribution in [2.24, 2.45) is 0 Å². The van der Waals surface area contributed by atoms with Crippen molar-refractivity contribution in [3.8, 4) is 0 Å². The van der Waals surface area contributed by atoms with Crippen molar-refractivity contribution in [3.63, 3.8) is 0 Å². The molecule has 1 aliphatic rings. The van der Waals surface area contributed by atoms with Crippen LogP contribution in [-0.2, 0) is 11.2 Å². The molecule has 2 N–H and O–H groups in total. The van der Waals surface area contributed by atoms with Crippen LogP contribution in [0, 0.1) is 6.92 Å². The number of rotatable bonds is 7. The van der Waals surface area contributed by atoms with E-state index in [4.69, 9.17) is 17.7 Å². The van der Waals surface area contributed by atoms with Crippen molar-refractivity contribution < 1.29 is 14.7 Å². The molecule has 34 heavy (non-hydrogen) atoms. The van der Waals surface area contributed by atoms with Crippen molar-refractivity contribution in [2.45, 2.75) is 43.5 Å². The van der Waals surface area contributed by atoms with Gasteiger partial charge in [0, 0.05) is 29.2 Å². The van der Waals surface area contributed by atoms with E-state index in [9.17, 15) is 9.59 Å². The number of carboxylic acid groups (broad SMARTS) is 1. The Bertz CT molecular complexity index is 1170. The summed E-state index contributed by atoms with van der Waals surface area (Å²) in [5, 5.41) is 12.4. The van der Waals surface area contributed by atoms with Gasteiger partial charge in [0.05, 0.1) is 18.0 Å². The molecule has 0 aromatic heterocycles. The number of aromatic carboxylic acids is 1. The van der Waals surface area contributed by atoms with E-state index in [0.717, 1.165) is 45.9 Å². The SMILES string of the molecule is Cc1ccc(C(NC(=O)Cc2ccc(C(=O)O)cc2)c2ccccc2N2CCCCC2)c(S)c1. The predicted octanol–water partition coefficient (Wildman–Crippen LogP) is 5.42. The average Bonchev–Trinajstić information content (AvgIpc) is 2.84. The second kappa shape index (κ2) is 10.8. The summed E-state index contributed by atoms with van der Waals surface area (Å²) >= 11 is 4.75. The number of benzene rings is 3. The Kier molecular flexibility index (Phi) is 7.58. The summed E-state index contributed by atoms with van der Waals surface area (Å²) in [6.07, 6.45) is 3.74. The van der Waals surface area contributed by atoms with Gasteiger partial charge in [0.2, 0.25) is 5.91 Å². The van der Waals surface area contributed by atoms with Crippen LogP contribution < -0.4 is 10.2 Å². The number of carbonyl (C=O) groups is 2. The van der Waals surface area contributed by atoms with Crippen LogP contribution in [0.1, 0.15) is 57.9 Å². The van der Waals surface area contributed by atoms with Gasteiger partial charge in [-0.3, -0.25) is 4.79 Å². The molecule has 0 spiro atoms.